The number of ether oxygens (including phenoxy) is 2. The number of amides is 1. The lowest BCUT2D eigenvalue weighted by molar-refractivity contribution is -0.385. The number of hydrogen-bond acceptors (Lipinski definition) is 5. The van der Waals surface area contributed by atoms with Crippen molar-refractivity contribution in [2.75, 3.05) is 12.4 Å². The number of halogens is 3. The van der Waals surface area contributed by atoms with Gasteiger partial charge in [-0.05, 0) is 36.8 Å². The SMILES string of the molecule is COc1cc(/C=C/C(=O)Nc2ccc(C)cc2Cl)c([N+](=O)[O-])cc1OC(F)F. The third-order valence-corrected chi connectivity index (χ3v) is 3.84. The summed E-state index contributed by atoms with van der Waals surface area (Å²) in [5.74, 6) is -1.23. The molecule has 2 rings (SSSR count). The molecule has 0 aromatic heterocycles. The monoisotopic (exact) mass is 412 g/mol. The molecule has 2 aromatic carbocycles. The van der Waals surface area contributed by atoms with E-state index in [0.717, 1.165) is 29.8 Å². The van der Waals surface area contributed by atoms with Crippen molar-refractivity contribution in [3.63, 3.8) is 0 Å². The van der Waals surface area contributed by atoms with Crippen LogP contribution in [0.3, 0.4) is 0 Å². The number of carbonyl (C=O) groups is 1. The number of nitrogens with one attached hydrogen (secondary N) is 1. The number of methoxy groups -OCH3 is 1. The molecular formula is C18H15ClF2N2O5. The Bertz CT molecular complexity index is 934. The highest BCUT2D eigenvalue weighted by Crippen LogP contribution is 2.36. The maximum atomic E-state index is 12.5. The minimum atomic E-state index is -3.18. The molecule has 0 atom stereocenters. The summed E-state index contributed by atoms with van der Waals surface area (Å²) in [6, 6.07) is 6.96. The smallest absolute Gasteiger partial charge is 0.387 e. The number of alkyl halides is 2. The van der Waals surface area contributed by atoms with E-state index in [2.05, 4.69) is 10.1 Å². The van der Waals surface area contributed by atoms with Crippen LogP contribution in [0.15, 0.2) is 36.4 Å². The average Bonchev–Trinajstić information content (AvgIpc) is 2.62. The van der Waals surface area contributed by atoms with Crippen LogP contribution in [0.4, 0.5) is 20.2 Å². The largest absolute Gasteiger partial charge is 0.493 e. The molecule has 7 nitrogen and oxygen atoms in total. The van der Waals surface area contributed by atoms with Crippen LogP contribution in [0.1, 0.15) is 11.1 Å². The Hall–Kier alpha value is -3.20. The second-order valence-corrected chi connectivity index (χ2v) is 5.91. The summed E-state index contributed by atoms with van der Waals surface area (Å²) in [7, 11) is 1.19. The van der Waals surface area contributed by atoms with Gasteiger partial charge < -0.3 is 14.8 Å². The van der Waals surface area contributed by atoms with Gasteiger partial charge in [-0.3, -0.25) is 14.9 Å². The van der Waals surface area contributed by atoms with E-state index in [1.807, 2.05) is 6.92 Å². The van der Waals surface area contributed by atoms with Crippen LogP contribution in [0.2, 0.25) is 5.02 Å². The second kappa shape index (κ2) is 9.14. The Balaban J connectivity index is 2.30. The molecule has 0 spiro atoms. The topological polar surface area (TPSA) is 90.7 Å². The number of nitro groups is 1. The molecule has 0 bridgehead atoms. The molecule has 0 fully saturated rings. The highest BCUT2D eigenvalue weighted by molar-refractivity contribution is 6.33. The predicted octanol–water partition coefficient (Wildman–Crippen LogP) is 4.82. The van der Waals surface area contributed by atoms with Crippen LogP contribution in [0.5, 0.6) is 11.5 Å². The molecular weight excluding hydrogens is 398 g/mol. The first-order chi connectivity index (χ1) is 13.2. The third kappa shape index (κ3) is 5.40. The number of benzene rings is 2. The van der Waals surface area contributed by atoms with Gasteiger partial charge in [0, 0.05) is 6.08 Å². The van der Waals surface area contributed by atoms with Crippen LogP contribution in [-0.4, -0.2) is 24.6 Å². The second-order valence-electron chi connectivity index (χ2n) is 5.50. The Morgan fingerprint density at radius 2 is 2.00 bits per heavy atom. The molecule has 10 heteroatoms. The highest BCUT2D eigenvalue weighted by Gasteiger charge is 2.20. The summed E-state index contributed by atoms with van der Waals surface area (Å²) in [6.07, 6.45) is 2.20. The summed E-state index contributed by atoms with van der Waals surface area (Å²) in [6.45, 7) is -1.34. The van der Waals surface area contributed by atoms with Crippen molar-refractivity contribution in [2.45, 2.75) is 13.5 Å². The highest BCUT2D eigenvalue weighted by atomic mass is 35.5. The standard InChI is InChI=1S/C18H15ClF2N2O5/c1-10-3-5-13(12(19)7-10)22-17(24)6-4-11-8-15(27-2)16(28-18(20)21)9-14(11)23(25)26/h3-9,18H,1-2H3,(H,22,24)/b6-4+. The maximum absolute atomic E-state index is 12.5. The number of carbonyl (C=O) groups excluding carboxylic acids is 1. The quantitative estimate of drug-likeness (QED) is 0.400. The molecule has 1 N–H and O–H groups in total. The molecule has 0 heterocycles. The van der Waals surface area contributed by atoms with Crippen molar-refractivity contribution in [3.05, 3.63) is 62.7 Å². The predicted molar refractivity (Wildman–Crippen MR) is 100 cm³/mol. The fourth-order valence-electron chi connectivity index (χ4n) is 2.27. The normalized spacial score (nSPS) is 10.9. The van der Waals surface area contributed by atoms with Crippen molar-refractivity contribution in [1.82, 2.24) is 0 Å². The fourth-order valence-corrected chi connectivity index (χ4v) is 2.55. The number of rotatable bonds is 7. The number of hydrogen-bond donors (Lipinski definition) is 1. The fraction of sp³-hybridized carbons (Fsp3) is 0.167. The molecule has 0 unspecified atom stereocenters. The van der Waals surface area contributed by atoms with Crippen molar-refractivity contribution >= 4 is 35.0 Å². The van der Waals surface area contributed by atoms with Crippen molar-refractivity contribution < 1.29 is 28.0 Å². The van der Waals surface area contributed by atoms with Gasteiger partial charge in [0.1, 0.15) is 0 Å². The number of aryl methyl sites for hydroxylation is 1. The van der Waals surface area contributed by atoms with Crippen LogP contribution in [-0.2, 0) is 4.79 Å². The van der Waals surface area contributed by atoms with E-state index in [4.69, 9.17) is 16.3 Å². The van der Waals surface area contributed by atoms with Crippen molar-refractivity contribution in [2.24, 2.45) is 0 Å². The van der Waals surface area contributed by atoms with Gasteiger partial charge in [-0.1, -0.05) is 17.7 Å². The maximum Gasteiger partial charge on any atom is 0.387 e. The van der Waals surface area contributed by atoms with E-state index in [0.29, 0.717) is 10.7 Å². The van der Waals surface area contributed by atoms with Crippen LogP contribution < -0.4 is 14.8 Å². The molecule has 1 amide bonds. The van der Waals surface area contributed by atoms with Gasteiger partial charge >= 0.3 is 6.61 Å². The summed E-state index contributed by atoms with van der Waals surface area (Å²) < 4.78 is 34.1. The minimum absolute atomic E-state index is 0.0337. The van der Waals surface area contributed by atoms with Crippen LogP contribution in [0.25, 0.3) is 6.08 Å². The summed E-state index contributed by atoms with van der Waals surface area (Å²) in [5.41, 5.74) is 0.713. The Morgan fingerprint density at radius 3 is 2.57 bits per heavy atom. The first-order valence-corrected chi connectivity index (χ1v) is 8.15. The van der Waals surface area contributed by atoms with Crippen LogP contribution in [0, 0.1) is 17.0 Å². The molecule has 0 saturated heterocycles. The molecule has 2 aromatic rings. The van der Waals surface area contributed by atoms with E-state index in [9.17, 15) is 23.7 Å². The molecule has 0 saturated carbocycles. The van der Waals surface area contributed by atoms with Gasteiger partial charge in [-0.2, -0.15) is 8.78 Å². The van der Waals surface area contributed by atoms with Gasteiger partial charge in [0.25, 0.3) is 5.69 Å². The summed E-state index contributed by atoms with van der Waals surface area (Å²) in [4.78, 5) is 22.5. The van der Waals surface area contributed by atoms with E-state index < -0.39 is 28.9 Å². The van der Waals surface area contributed by atoms with E-state index >= 15 is 0 Å². The number of nitrogens with zero attached hydrogens (tertiary/aromatic N) is 1. The molecule has 0 aliphatic carbocycles. The zero-order valence-electron chi connectivity index (χ0n) is 14.7. The lowest BCUT2D eigenvalue weighted by Crippen LogP contribution is -2.08. The molecule has 0 radical (unpaired) electrons. The van der Waals surface area contributed by atoms with Gasteiger partial charge in [0.15, 0.2) is 11.5 Å². The van der Waals surface area contributed by atoms with Gasteiger partial charge in [0.2, 0.25) is 5.91 Å². The number of anilines is 1. The third-order valence-electron chi connectivity index (χ3n) is 3.52. The van der Waals surface area contributed by atoms with Gasteiger partial charge in [0.05, 0.1) is 34.4 Å². The molecule has 0 aliphatic rings. The lowest BCUT2D eigenvalue weighted by atomic mass is 10.1. The minimum Gasteiger partial charge on any atom is -0.493 e. The average molecular weight is 413 g/mol. The molecule has 28 heavy (non-hydrogen) atoms. The van der Waals surface area contributed by atoms with E-state index in [1.54, 1.807) is 18.2 Å². The first kappa shape index (κ1) is 21.1. The zero-order chi connectivity index (χ0) is 20.8. The Morgan fingerprint density at radius 1 is 1.29 bits per heavy atom. The molecule has 148 valence electrons. The molecule has 0 aliphatic heterocycles. The Kier molecular flexibility index (Phi) is 6.89. The van der Waals surface area contributed by atoms with E-state index in [1.165, 1.54) is 7.11 Å². The zero-order valence-corrected chi connectivity index (χ0v) is 15.5. The van der Waals surface area contributed by atoms with Crippen molar-refractivity contribution in [1.29, 1.82) is 0 Å². The summed E-state index contributed by atoms with van der Waals surface area (Å²) >= 11 is 6.04. The first-order valence-electron chi connectivity index (χ1n) is 7.77. The Labute approximate surface area is 163 Å². The van der Waals surface area contributed by atoms with Crippen LogP contribution >= 0.6 is 11.6 Å². The van der Waals surface area contributed by atoms with Gasteiger partial charge in [-0.25, -0.2) is 0 Å². The van der Waals surface area contributed by atoms with E-state index in [-0.39, 0.29) is 11.3 Å². The lowest BCUT2D eigenvalue weighted by Gasteiger charge is -2.11. The van der Waals surface area contributed by atoms with Gasteiger partial charge in [-0.15, -0.1) is 0 Å². The summed E-state index contributed by atoms with van der Waals surface area (Å²) in [5, 5.41) is 14.1. The van der Waals surface area contributed by atoms with Crippen molar-refractivity contribution in [3.8, 4) is 11.5 Å². The number of nitro benzene ring substituents is 1.